The summed E-state index contributed by atoms with van der Waals surface area (Å²) in [6, 6.07) is 9.64. The van der Waals surface area contributed by atoms with Crippen molar-refractivity contribution >= 4 is 46.5 Å². The third kappa shape index (κ3) is 6.50. The van der Waals surface area contributed by atoms with Crippen molar-refractivity contribution in [2.45, 2.75) is 62.7 Å². The lowest BCUT2D eigenvalue weighted by Crippen LogP contribution is -2.61. The summed E-state index contributed by atoms with van der Waals surface area (Å²) in [6.07, 6.45) is -4.76. The van der Waals surface area contributed by atoms with Crippen LogP contribution in [0.15, 0.2) is 35.5 Å². The molecule has 0 spiro atoms. The van der Waals surface area contributed by atoms with Crippen LogP contribution in [0.4, 0.5) is 0 Å². The number of aromatic nitrogens is 4. The molecule has 3 heterocycles. The molecule has 1 fully saturated rings. The minimum absolute atomic E-state index is 0.236. The van der Waals surface area contributed by atoms with Crippen LogP contribution in [0.5, 0.6) is 0 Å². The van der Waals surface area contributed by atoms with E-state index in [2.05, 4.69) is 20.2 Å². The summed E-state index contributed by atoms with van der Waals surface area (Å²) >= 11 is 0.988. The molecule has 0 amide bonds. The van der Waals surface area contributed by atoms with Gasteiger partial charge in [-0.05, 0) is 23.9 Å². The Morgan fingerprint density at radius 1 is 0.921 bits per heavy atom. The van der Waals surface area contributed by atoms with Crippen molar-refractivity contribution in [3.8, 4) is 11.5 Å². The third-order valence-corrected chi connectivity index (χ3v) is 6.42. The van der Waals surface area contributed by atoms with E-state index in [1.165, 1.54) is 13.8 Å². The molecule has 5 atom stereocenters. The summed E-state index contributed by atoms with van der Waals surface area (Å²) in [5, 5.41) is 8.32. The molecule has 0 aliphatic carbocycles. The quantitative estimate of drug-likeness (QED) is 0.312. The molecular formula is C24H26N4O9S. The molecule has 38 heavy (non-hydrogen) atoms. The first kappa shape index (κ1) is 27.1. The van der Waals surface area contributed by atoms with Gasteiger partial charge in [0.15, 0.2) is 29.6 Å². The normalized spacial score (nSPS) is 23.0. The standard InChI is InChI=1S/C24H26N4O9S/c1-11(29)33-10-18-19(34-12(2)30)20(35-13(3)31)21(36-14(4)32)23(37-18)38-24-26-22(27-28-24)17-9-15-7-5-6-8-16(15)25-17/h5-9,18-21,23,25H,10H2,1-4H3,(H,26,27,28)/t18-,19+,20+,21-,23+/m1/s1. The Balaban J connectivity index is 1.64. The SMILES string of the molecule is CC(=O)OC[C@H]1O[C@@H](Sc2n[nH]c(-c3cc4ccccc4[nH]3)n2)[C@H](OC(C)=O)[C@@H](OC(C)=O)[C@H]1OC(C)=O. The molecule has 1 aromatic carbocycles. The van der Waals surface area contributed by atoms with Gasteiger partial charge in [0.2, 0.25) is 5.16 Å². The average molecular weight is 547 g/mol. The van der Waals surface area contributed by atoms with Gasteiger partial charge in [0.1, 0.15) is 12.7 Å². The molecule has 4 rings (SSSR count). The van der Waals surface area contributed by atoms with Crippen LogP contribution in [0, 0.1) is 0 Å². The molecule has 0 unspecified atom stereocenters. The van der Waals surface area contributed by atoms with E-state index in [0.29, 0.717) is 11.5 Å². The molecule has 1 aliphatic rings. The molecule has 0 radical (unpaired) electrons. The van der Waals surface area contributed by atoms with Crippen LogP contribution >= 0.6 is 11.8 Å². The highest BCUT2D eigenvalue weighted by Crippen LogP contribution is 2.37. The third-order valence-electron chi connectivity index (χ3n) is 5.42. The Morgan fingerprint density at radius 3 is 2.24 bits per heavy atom. The fourth-order valence-electron chi connectivity index (χ4n) is 4.01. The fourth-order valence-corrected chi connectivity index (χ4v) is 5.00. The molecule has 2 aromatic heterocycles. The van der Waals surface area contributed by atoms with Crippen molar-refractivity contribution in [3.05, 3.63) is 30.3 Å². The van der Waals surface area contributed by atoms with Crippen molar-refractivity contribution in [3.63, 3.8) is 0 Å². The number of ether oxygens (including phenoxy) is 5. The molecule has 1 aliphatic heterocycles. The molecule has 14 heteroatoms. The number of hydrogen-bond donors (Lipinski definition) is 2. The largest absolute Gasteiger partial charge is 0.463 e. The van der Waals surface area contributed by atoms with Crippen LogP contribution in [0.2, 0.25) is 0 Å². The second-order valence-corrected chi connectivity index (χ2v) is 9.49. The number of carbonyl (C=O) groups excluding carboxylic acids is 4. The van der Waals surface area contributed by atoms with Crippen LogP contribution < -0.4 is 0 Å². The number of rotatable bonds is 8. The monoisotopic (exact) mass is 546 g/mol. The minimum atomic E-state index is -1.26. The lowest BCUT2D eigenvalue weighted by molar-refractivity contribution is -0.237. The first-order valence-electron chi connectivity index (χ1n) is 11.6. The zero-order chi connectivity index (χ0) is 27.4. The summed E-state index contributed by atoms with van der Waals surface area (Å²) in [5.41, 5.74) is 0.599. The van der Waals surface area contributed by atoms with Gasteiger partial charge < -0.3 is 28.7 Å². The van der Waals surface area contributed by atoms with Gasteiger partial charge in [-0.25, -0.2) is 0 Å². The van der Waals surface area contributed by atoms with Crippen LogP contribution in [-0.4, -0.2) is 80.5 Å². The van der Waals surface area contributed by atoms with Gasteiger partial charge in [-0.1, -0.05) is 18.2 Å². The maximum Gasteiger partial charge on any atom is 0.303 e. The number of thioether (sulfide) groups is 1. The van der Waals surface area contributed by atoms with E-state index in [-0.39, 0.29) is 11.8 Å². The molecule has 1 saturated heterocycles. The Hall–Kier alpha value is -3.91. The zero-order valence-corrected chi connectivity index (χ0v) is 21.8. The predicted octanol–water partition coefficient (Wildman–Crippen LogP) is 2.13. The van der Waals surface area contributed by atoms with Crippen LogP contribution in [0.25, 0.3) is 22.4 Å². The van der Waals surface area contributed by atoms with Gasteiger partial charge in [0, 0.05) is 38.6 Å². The van der Waals surface area contributed by atoms with Gasteiger partial charge in [-0.2, -0.15) is 4.98 Å². The highest BCUT2D eigenvalue weighted by atomic mass is 32.2. The van der Waals surface area contributed by atoms with Crippen molar-refractivity contribution in [2.24, 2.45) is 0 Å². The second-order valence-electron chi connectivity index (χ2n) is 8.42. The van der Waals surface area contributed by atoms with E-state index in [4.69, 9.17) is 23.7 Å². The predicted molar refractivity (Wildman–Crippen MR) is 131 cm³/mol. The molecule has 13 nitrogen and oxygen atoms in total. The van der Waals surface area contributed by atoms with Crippen LogP contribution in [0.1, 0.15) is 27.7 Å². The number of esters is 4. The number of nitrogens with zero attached hydrogens (tertiary/aromatic N) is 2. The number of H-pyrrole nitrogens is 2. The van der Waals surface area contributed by atoms with Crippen molar-refractivity contribution < 1.29 is 42.9 Å². The number of benzene rings is 1. The van der Waals surface area contributed by atoms with E-state index in [1.807, 2.05) is 30.3 Å². The maximum atomic E-state index is 12.0. The summed E-state index contributed by atoms with van der Waals surface area (Å²) in [4.78, 5) is 55.1. The molecule has 0 saturated carbocycles. The number of fused-ring (bicyclic) bond motifs is 1. The number of carbonyl (C=O) groups is 4. The lowest BCUT2D eigenvalue weighted by Gasteiger charge is -2.43. The first-order valence-corrected chi connectivity index (χ1v) is 12.5. The molecular weight excluding hydrogens is 520 g/mol. The molecule has 202 valence electrons. The Bertz CT molecular complexity index is 1310. The fraction of sp³-hybridized carbons (Fsp3) is 0.417. The van der Waals surface area contributed by atoms with E-state index in [9.17, 15) is 19.2 Å². The minimum Gasteiger partial charge on any atom is -0.463 e. The Kier molecular flexibility index (Phi) is 8.32. The number of aromatic amines is 2. The second kappa shape index (κ2) is 11.6. The highest BCUT2D eigenvalue weighted by molar-refractivity contribution is 7.99. The average Bonchev–Trinajstić information content (AvgIpc) is 3.47. The topological polar surface area (TPSA) is 172 Å². The Labute approximate surface area is 220 Å². The van der Waals surface area contributed by atoms with E-state index in [1.54, 1.807) is 0 Å². The summed E-state index contributed by atoms with van der Waals surface area (Å²) in [6.45, 7) is 4.40. The van der Waals surface area contributed by atoms with E-state index in [0.717, 1.165) is 36.5 Å². The van der Waals surface area contributed by atoms with Crippen molar-refractivity contribution in [1.82, 2.24) is 20.2 Å². The van der Waals surface area contributed by atoms with Gasteiger partial charge in [-0.15, -0.1) is 5.10 Å². The molecule has 2 N–H and O–H groups in total. The molecule has 3 aromatic rings. The Morgan fingerprint density at radius 2 is 1.58 bits per heavy atom. The van der Waals surface area contributed by atoms with E-state index >= 15 is 0 Å². The van der Waals surface area contributed by atoms with Gasteiger partial charge >= 0.3 is 23.9 Å². The van der Waals surface area contributed by atoms with Crippen LogP contribution in [0.3, 0.4) is 0 Å². The van der Waals surface area contributed by atoms with Crippen LogP contribution in [-0.2, 0) is 42.9 Å². The summed E-state index contributed by atoms with van der Waals surface area (Å²) in [7, 11) is 0. The number of hydrogen-bond acceptors (Lipinski definition) is 12. The number of para-hydroxylation sites is 1. The van der Waals surface area contributed by atoms with Gasteiger partial charge in [0.05, 0.1) is 5.69 Å². The first-order chi connectivity index (χ1) is 18.1. The van der Waals surface area contributed by atoms with Crippen molar-refractivity contribution in [1.29, 1.82) is 0 Å². The van der Waals surface area contributed by atoms with E-state index < -0.39 is 53.7 Å². The smallest absolute Gasteiger partial charge is 0.303 e. The van der Waals surface area contributed by atoms with Crippen molar-refractivity contribution in [2.75, 3.05) is 6.61 Å². The summed E-state index contributed by atoms with van der Waals surface area (Å²) < 4.78 is 27.5. The summed E-state index contributed by atoms with van der Waals surface area (Å²) in [5.74, 6) is -2.24. The maximum absolute atomic E-state index is 12.0. The van der Waals surface area contributed by atoms with Gasteiger partial charge in [0.25, 0.3) is 0 Å². The lowest BCUT2D eigenvalue weighted by atomic mass is 9.99. The number of nitrogens with one attached hydrogen (secondary N) is 2. The zero-order valence-electron chi connectivity index (χ0n) is 21.0. The highest BCUT2D eigenvalue weighted by Gasteiger charge is 2.52. The molecule has 0 bridgehead atoms. The van der Waals surface area contributed by atoms with Gasteiger partial charge in [-0.3, -0.25) is 24.3 Å².